The molecule has 1 amide bonds. The molecule has 0 N–H and O–H groups in total. The SMILES string of the molecule is COC(=O)C(CCl)N(Cc1ccccc1)C(=O)C(C)Cl. The molecule has 1 aromatic rings. The molecule has 0 fully saturated rings. The van der Waals surface area contributed by atoms with Crippen LogP contribution in [0.2, 0.25) is 0 Å². The predicted octanol–water partition coefficient (Wildman–Crippen LogP) is 2.42. The van der Waals surface area contributed by atoms with Crippen LogP contribution in [0, 0.1) is 0 Å². The van der Waals surface area contributed by atoms with Gasteiger partial charge in [0.1, 0.15) is 11.4 Å². The quantitative estimate of drug-likeness (QED) is 0.598. The minimum atomic E-state index is -0.851. The van der Waals surface area contributed by atoms with Crippen LogP contribution in [0.5, 0.6) is 0 Å². The van der Waals surface area contributed by atoms with Gasteiger partial charge in [-0.1, -0.05) is 30.3 Å². The second kappa shape index (κ2) is 8.12. The Morgan fingerprint density at radius 2 is 1.90 bits per heavy atom. The van der Waals surface area contributed by atoms with Crippen LogP contribution in [-0.2, 0) is 20.9 Å². The highest BCUT2D eigenvalue weighted by Crippen LogP contribution is 2.14. The summed E-state index contributed by atoms with van der Waals surface area (Å²) in [6, 6.07) is 8.46. The van der Waals surface area contributed by atoms with Crippen LogP contribution < -0.4 is 0 Å². The van der Waals surface area contributed by atoms with Crippen LogP contribution >= 0.6 is 23.2 Å². The van der Waals surface area contributed by atoms with Crippen molar-refractivity contribution in [2.24, 2.45) is 0 Å². The molecule has 0 radical (unpaired) electrons. The molecule has 0 saturated carbocycles. The summed E-state index contributed by atoms with van der Waals surface area (Å²) in [7, 11) is 1.26. The van der Waals surface area contributed by atoms with E-state index in [0.717, 1.165) is 5.56 Å². The van der Waals surface area contributed by atoms with Gasteiger partial charge in [-0.05, 0) is 12.5 Å². The largest absolute Gasteiger partial charge is 0.467 e. The van der Waals surface area contributed by atoms with Crippen molar-refractivity contribution in [1.29, 1.82) is 0 Å². The van der Waals surface area contributed by atoms with E-state index in [1.165, 1.54) is 12.0 Å². The maximum atomic E-state index is 12.2. The maximum Gasteiger partial charge on any atom is 0.329 e. The molecule has 0 aromatic heterocycles. The zero-order valence-electron chi connectivity index (χ0n) is 11.4. The number of methoxy groups -OCH3 is 1. The molecule has 2 atom stereocenters. The zero-order chi connectivity index (χ0) is 15.1. The van der Waals surface area contributed by atoms with Gasteiger partial charge in [0.25, 0.3) is 0 Å². The highest BCUT2D eigenvalue weighted by atomic mass is 35.5. The summed E-state index contributed by atoms with van der Waals surface area (Å²) in [6.07, 6.45) is 0. The van der Waals surface area contributed by atoms with Crippen LogP contribution in [0.1, 0.15) is 12.5 Å². The van der Waals surface area contributed by atoms with Gasteiger partial charge in [0.15, 0.2) is 0 Å². The number of nitrogens with zero attached hydrogens (tertiary/aromatic N) is 1. The molecular weight excluding hydrogens is 301 g/mol. The number of esters is 1. The molecule has 0 aliphatic heterocycles. The molecule has 0 heterocycles. The van der Waals surface area contributed by atoms with Crippen LogP contribution in [0.3, 0.4) is 0 Å². The summed E-state index contributed by atoms with van der Waals surface area (Å²) in [4.78, 5) is 25.3. The van der Waals surface area contributed by atoms with Crippen molar-refractivity contribution in [2.75, 3.05) is 13.0 Å². The van der Waals surface area contributed by atoms with Crippen LogP contribution in [0.15, 0.2) is 30.3 Å². The van der Waals surface area contributed by atoms with E-state index in [4.69, 9.17) is 27.9 Å². The number of ether oxygens (including phenoxy) is 1. The lowest BCUT2D eigenvalue weighted by Crippen LogP contribution is -2.48. The van der Waals surface area contributed by atoms with E-state index in [9.17, 15) is 9.59 Å². The van der Waals surface area contributed by atoms with Crippen molar-refractivity contribution in [3.63, 3.8) is 0 Å². The summed E-state index contributed by atoms with van der Waals surface area (Å²) < 4.78 is 4.69. The number of carbonyl (C=O) groups is 2. The lowest BCUT2D eigenvalue weighted by atomic mass is 10.1. The smallest absolute Gasteiger partial charge is 0.329 e. The molecule has 0 aliphatic rings. The van der Waals surface area contributed by atoms with Gasteiger partial charge in [-0.2, -0.15) is 0 Å². The van der Waals surface area contributed by atoms with Gasteiger partial charge in [-0.3, -0.25) is 4.79 Å². The van der Waals surface area contributed by atoms with Crippen molar-refractivity contribution in [1.82, 2.24) is 4.90 Å². The van der Waals surface area contributed by atoms with Crippen molar-refractivity contribution >= 4 is 35.1 Å². The molecule has 1 aromatic carbocycles. The minimum Gasteiger partial charge on any atom is -0.467 e. The second-order valence-electron chi connectivity index (χ2n) is 4.26. The van der Waals surface area contributed by atoms with E-state index in [-0.39, 0.29) is 18.3 Å². The first-order valence-electron chi connectivity index (χ1n) is 6.13. The summed E-state index contributed by atoms with van der Waals surface area (Å²) >= 11 is 11.7. The summed E-state index contributed by atoms with van der Waals surface area (Å²) in [5.41, 5.74) is 0.886. The molecular formula is C14H17Cl2NO3. The Kier molecular flexibility index (Phi) is 6.82. The molecule has 20 heavy (non-hydrogen) atoms. The van der Waals surface area contributed by atoms with Gasteiger partial charge in [-0.25, -0.2) is 4.79 Å². The van der Waals surface area contributed by atoms with Crippen LogP contribution in [0.25, 0.3) is 0 Å². The first-order chi connectivity index (χ1) is 9.51. The molecule has 110 valence electrons. The Bertz CT molecular complexity index is 451. The number of hydrogen-bond acceptors (Lipinski definition) is 3. The third-order valence-corrected chi connectivity index (χ3v) is 3.29. The van der Waals surface area contributed by atoms with Gasteiger partial charge >= 0.3 is 5.97 Å². The van der Waals surface area contributed by atoms with E-state index in [2.05, 4.69) is 0 Å². The van der Waals surface area contributed by atoms with Gasteiger partial charge < -0.3 is 9.64 Å². The molecule has 6 heteroatoms. The summed E-state index contributed by atoms with van der Waals surface area (Å²) in [5.74, 6) is -0.956. The average molecular weight is 318 g/mol. The Morgan fingerprint density at radius 3 is 2.35 bits per heavy atom. The third kappa shape index (κ3) is 4.39. The molecule has 0 saturated heterocycles. The van der Waals surface area contributed by atoms with Gasteiger partial charge in [0.2, 0.25) is 5.91 Å². The predicted molar refractivity (Wildman–Crippen MR) is 78.8 cm³/mol. The fourth-order valence-corrected chi connectivity index (χ4v) is 2.18. The second-order valence-corrected chi connectivity index (χ2v) is 5.22. The number of hydrogen-bond donors (Lipinski definition) is 0. The molecule has 2 unspecified atom stereocenters. The number of alkyl halides is 2. The zero-order valence-corrected chi connectivity index (χ0v) is 12.9. The summed E-state index contributed by atoms with van der Waals surface area (Å²) in [6.45, 7) is 1.81. The molecule has 0 aliphatic carbocycles. The molecule has 0 bridgehead atoms. The highest BCUT2D eigenvalue weighted by molar-refractivity contribution is 6.30. The first kappa shape index (κ1) is 16.8. The van der Waals surface area contributed by atoms with Gasteiger partial charge in [0, 0.05) is 6.54 Å². The van der Waals surface area contributed by atoms with Gasteiger partial charge in [-0.15, -0.1) is 23.2 Å². The van der Waals surface area contributed by atoms with E-state index >= 15 is 0 Å². The number of carbonyl (C=O) groups excluding carboxylic acids is 2. The Labute approximate surface area is 128 Å². The fourth-order valence-electron chi connectivity index (χ4n) is 1.76. The fraction of sp³-hybridized carbons (Fsp3) is 0.429. The monoisotopic (exact) mass is 317 g/mol. The Hall–Kier alpha value is -1.26. The average Bonchev–Trinajstić information content (AvgIpc) is 2.46. The third-order valence-electron chi connectivity index (χ3n) is 2.81. The standard InChI is InChI=1S/C14H17Cl2NO3/c1-10(16)13(18)17(12(8-15)14(19)20-2)9-11-6-4-3-5-7-11/h3-7,10,12H,8-9H2,1-2H3. The van der Waals surface area contributed by atoms with Gasteiger partial charge in [0.05, 0.1) is 13.0 Å². The van der Waals surface area contributed by atoms with E-state index in [0.29, 0.717) is 0 Å². The van der Waals surface area contributed by atoms with Crippen LogP contribution in [-0.4, -0.2) is 41.2 Å². The summed E-state index contributed by atoms with van der Waals surface area (Å²) in [5, 5.41) is -0.742. The topological polar surface area (TPSA) is 46.6 Å². The van der Waals surface area contributed by atoms with Crippen LogP contribution in [0.4, 0.5) is 0 Å². The van der Waals surface area contributed by atoms with Crippen molar-refractivity contribution in [2.45, 2.75) is 24.9 Å². The number of benzene rings is 1. The lowest BCUT2D eigenvalue weighted by molar-refractivity contribution is -0.152. The number of amides is 1. The van der Waals surface area contributed by atoms with Crippen molar-refractivity contribution in [3.8, 4) is 0 Å². The molecule has 0 spiro atoms. The van der Waals surface area contributed by atoms with E-state index in [1.807, 2.05) is 30.3 Å². The first-order valence-corrected chi connectivity index (χ1v) is 7.10. The highest BCUT2D eigenvalue weighted by Gasteiger charge is 2.31. The number of rotatable bonds is 6. The Balaban J connectivity index is 3.01. The minimum absolute atomic E-state index is 0.0468. The maximum absolute atomic E-state index is 12.2. The lowest BCUT2D eigenvalue weighted by Gasteiger charge is -2.29. The van der Waals surface area contributed by atoms with E-state index in [1.54, 1.807) is 6.92 Å². The normalized spacial score (nSPS) is 13.4. The van der Waals surface area contributed by atoms with E-state index < -0.39 is 17.4 Å². The van der Waals surface area contributed by atoms with Crippen molar-refractivity contribution in [3.05, 3.63) is 35.9 Å². The van der Waals surface area contributed by atoms with Crippen molar-refractivity contribution < 1.29 is 14.3 Å². The number of halogens is 2. The molecule has 1 rings (SSSR count). The molecule has 4 nitrogen and oxygen atoms in total. The Morgan fingerprint density at radius 1 is 1.30 bits per heavy atom.